The van der Waals surface area contributed by atoms with Gasteiger partial charge in [-0.15, -0.1) is 0 Å². The molecule has 0 fully saturated rings. The first kappa shape index (κ1) is 50.1. The van der Waals surface area contributed by atoms with E-state index in [4.69, 9.17) is 9.97 Å². The summed E-state index contributed by atoms with van der Waals surface area (Å²) in [6.07, 6.45) is -25.9. The lowest BCUT2D eigenvalue weighted by Gasteiger charge is -2.18. The van der Waals surface area contributed by atoms with Gasteiger partial charge in [0.2, 0.25) is 0 Å². The molecule has 0 spiro atoms. The van der Waals surface area contributed by atoms with Crippen molar-refractivity contribution >= 4 is 21.8 Å². The highest BCUT2D eigenvalue weighted by molar-refractivity contribution is 6.11. The molecule has 2 heterocycles. The van der Waals surface area contributed by atoms with Crippen LogP contribution >= 0.6 is 0 Å². The molecule has 8 aromatic carbocycles. The Hall–Kier alpha value is -8.48. The fraction of sp³-hybridized carbons (Fsp3) is 0.0893. The predicted molar refractivity (Wildman–Crippen MR) is 252 cm³/mol. The van der Waals surface area contributed by atoms with Crippen LogP contribution in [0.2, 0.25) is 0 Å². The number of benzene rings is 8. The summed E-state index contributed by atoms with van der Waals surface area (Å²) in [5, 5.41) is 0.489. The number of hydrogen-bond acceptors (Lipinski definition) is 3. The molecular weight excluding hydrogens is 1010 g/mol. The van der Waals surface area contributed by atoms with Gasteiger partial charge in [-0.2, -0.15) is 65.9 Å². The predicted octanol–water partition coefficient (Wildman–Crippen LogP) is 18.1. The summed E-state index contributed by atoms with van der Waals surface area (Å²) in [4.78, 5) is 14.2. The monoisotopic (exact) mass is 1040 g/mol. The molecule has 0 saturated carbocycles. The molecule has 4 nitrogen and oxygen atoms in total. The second-order valence-electron chi connectivity index (χ2n) is 17.2. The second-order valence-corrected chi connectivity index (χ2v) is 17.2. The van der Waals surface area contributed by atoms with Crippen molar-refractivity contribution in [2.45, 2.75) is 30.9 Å². The molecule has 0 N–H and O–H groups in total. The Kier molecular flexibility index (Phi) is 12.1. The van der Waals surface area contributed by atoms with Gasteiger partial charge in [-0.25, -0.2) is 15.0 Å². The van der Waals surface area contributed by atoms with Crippen molar-refractivity contribution in [3.05, 3.63) is 204 Å². The number of aromatic nitrogens is 4. The van der Waals surface area contributed by atoms with Gasteiger partial charge < -0.3 is 4.57 Å². The largest absolute Gasteiger partial charge is 0.417 e. The van der Waals surface area contributed by atoms with Gasteiger partial charge in [0, 0.05) is 33.2 Å². The molecule has 19 heteroatoms. The minimum absolute atomic E-state index is 0.0236. The van der Waals surface area contributed by atoms with E-state index < -0.39 is 69.8 Å². The summed E-state index contributed by atoms with van der Waals surface area (Å²) < 4.78 is 216. The molecule has 0 amide bonds. The fourth-order valence-electron chi connectivity index (χ4n) is 8.88. The maximum Gasteiger partial charge on any atom is 0.417 e. The van der Waals surface area contributed by atoms with Crippen molar-refractivity contribution in [1.29, 1.82) is 0 Å². The molecule has 0 atom stereocenters. The Bertz CT molecular complexity index is 3560. The highest BCUT2D eigenvalue weighted by Crippen LogP contribution is 2.46. The third-order valence-electron chi connectivity index (χ3n) is 12.3. The summed E-state index contributed by atoms with van der Waals surface area (Å²) in [6.45, 7) is 0. The maximum absolute atomic E-state index is 14.9. The lowest BCUT2D eigenvalue weighted by molar-refractivity contribution is -0.144. The van der Waals surface area contributed by atoms with Crippen molar-refractivity contribution in [2.24, 2.45) is 0 Å². The van der Waals surface area contributed by atoms with Crippen LogP contribution in [0, 0.1) is 0 Å². The average molecular weight is 1040 g/mol. The zero-order chi connectivity index (χ0) is 53.4. The fourth-order valence-corrected chi connectivity index (χ4v) is 8.88. The van der Waals surface area contributed by atoms with Crippen LogP contribution in [0.4, 0.5) is 65.9 Å². The minimum Gasteiger partial charge on any atom is -0.309 e. The molecule has 378 valence electrons. The number of hydrogen-bond donors (Lipinski definition) is 0. The SMILES string of the molecule is FC(F)(F)c1cc(-c2ccc3c4ccc(-c5cc(C(F)(F)F)cc(C(F)(F)F)c5)cc4n(-c4ccc(-c5ccccc5C(F)(F)F)c(-c5nc(-c6ccccc6)nc(-c6ccccc6)n5)c4)c3c2)cc(C(F)(F)F)c1. The molecule has 0 aliphatic carbocycles. The molecule has 0 aliphatic heterocycles. The molecule has 2 aromatic heterocycles. The topological polar surface area (TPSA) is 43.6 Å². The summed E-state index contributed by atoms with van der Waals surface area (Å²) in [5.74, 6) is 0.000318. The number of rotatable bonds is 7. The van der Waals surface area contributed by atoms with Gasteiger partial charge >= 0.3 is 30.9 Å². The summed E-state index contributed by atoms with van der Waals surface area (Å²) in [5.41, 5.74) is -8.47. The Morgan fingerprint density at radius 3 is 1.09 bits per heavy atom. The van der Waals surface area contributed by atoms with E-state index in [1.165, 1.54) is 77.4 Å². The van der Waals surface area contributed by atoms with Crippen LogP contribution in [0.25, 0.3) is 95.0 Å². The first-order valence-electron chi connectivity index (χ1n) is 22.2. The van der Waals surface area contributed by atoms with E-state index in [2.05, 4.69) is 4.98 Å². The molecule has 0 radical (unpaired) electrons. The van der Waals surface area contributed by atoms with Crippen LogP contribution in [-0.2, 0) is 30.9 Å². The standard InChI is InChI=1S/C56H29F15N4/c57-52(58,59)36-21-34(22-37(27-36)53(60,61)62)32-15-18-43-44-19-16-33(35-23-38(54(63,64)65)28-39(24-35)55(66,67)68)26-48(44)75(47(43)25-32)40-17-20-41(42-13-7-8-14-46(42)56(69,70)71)45(29-40)51-73-49(30-9-3-1-4-10-30)72-50(74-51)31-11-5-2-6-12-31/h1-29H. The first-order chi connectivity index (χ1) is 35.3. The van der Waals surface area contributed by atoms with Gasteiger partial charge in [0.05, 0.1) is 38.9 Å². The van der Waals surface area contributed by atoms with Crippen molar-refractivity contribution in [3.8, 4) is 73.2 Å². The molecule has 75 heavy (non-hydrogen) atoms. The highest BCUT2D eigenvalue weighted by atomic mass is 19.4. The van der Waals surface area contributed by atoms with Gasteiger partial charge in [0.1, 0.15) is 0 Å². The van der Waals surface area contributed by atoms with Crippen LogP contribution in [-0.4, -0.2) is 19.5 Å². The molecule has 0 bridgehead atoms. The smallest absolute Gasteiger partial charge is 0.309 e. The second kappa shape index (κ2) is 18.2. The number of fused-ring (bicyclic) bond motifs is 3. The zero-order valence-corrected chi connectivity index (χ0v) is 37.7. The van der Waals surface area contributed by atoms with Gasteiger partial charge in [0.25, 0.3) is 0 Å². The summed E-state index contributed by atoms with van der Waals surface area (Å²) >= 11 is 0. The van der Waals surface area contributed by atoms with Crippen LogP contribution < -0.4 is 0 Å². The van der Waals surface area contributed by atoms with Gasteiger partial charge in [-0.3, -0.25) is 0 Å². The molecular formula is C56H29F15N4. The Morgan fingerprint density at radius 2 is 0.680 bits per heavy atom. The quantitative estimate of drug-likeness (QED) is 0.149. The molecule has 10 aromatic rings. The molecule has 0 unspecified atom stereocenters. The highest BCUT2D eigenvalue weighted by Gasteiger charge is 2.39. The zero-order valence-electron chi connectivity index (χ0n) is 37.7. The van der Waals surface area contributed by atoms with Crippen molar-refractivity contribution in [3.63, 3.8) is 0 Å². The van der Waals surface area contributed by atoms with Crippen LogP contribution in [0.1, 0.15) is 27.8 Å². The lowest BCUT2D eigenvalue weighted by Crippen LogP contribution is -2.11. The average Bonchev–Trinajstić information content (AvgIpc) is 3.71. The lowest BCUT2D eigenvalue weighted by atomic mass is 9.94. The van der Waals surface area contributed by atoms with Crippen molar-refractivity contribution in [1.82, 2.24) is 19.5 Å². The third-order valence-corrected chi connectivity index (χ3v) is 12.3. The summed E-state index contributed by atoms with van der Waals surface area (Å²) in [7, 11) is 0. The van der Waals surface area contributed by atoms with E-state index in [1.807, 2.05) is 0 Å². The first-order valence-corrected chi connectivity index (χ1v) is 22.2. The normalized spacial score (nSPS) is 12.7. The van der Waals surface area contributed by atoms with E-state index in [9.17, 15) is 65.9 Å². The van der Waals surface area contributed by atoms with E-state index in [0.29, 0.717) is 35.4 Å². The Labute approximate surface area is 414 Å². The van der Waals surface area contributed by atoms with E-state index >= 15 is 0 Å². The van der Waals surface area contributed by atoms with Gasteiger partial charge in [0.15, 0.2) is 17.5 Å². The number of alkyl halides is 15. The van der Waals surface area contributed by atoms with Gasteiger partial charge in [-0.05, 0) is 100 Å². The molecule has 0 saturated heterocycles. The van der Waals surface area contributed by atoms with Crippen LogP contribution in [0.3, 0.4) is 0 Å². The molecule has 0 aliphatic rings. The maximum atomic E-state index is 14.9. The number of nitrogens with zero attached hydrogens (tertiary/aromatic N) is 4. The van der Waals surface area contributed by atoms with E-state index in [-0.39, 0.29) is 84.9 Å². The van der Waals surface area contributed by atoms with Crippen molar-refractivity contribution in [2.75, 3.05) is 0 Å². The Balaban J connectivity index is 1.31. The third kappa shape index (κ3) is 9.89. The van der Waals surface area contributed by atoms with E-state index in [0.717, 1.165) is 6.07 Å². The van der Waals surface area contributed by atoms with Crippen LogP contribution in [0.5, 0.6) is 0 Å². The Morgan fingerprint density at radius 1 is 0.280 bits per heavy atom. The van der Waals surface area contributed by atoms with Gasteiger partial charge in [-0.1, -0.05) is 109 Å². The van der Waals surface area contributed by atoms with Crippen molar-refractivity contribution < 1.29 is 65.9 Å². The minimum atomic E-state index is -5.24. The number of halogens is 15. The van der Waals surface area contributed by atoms with Crippen LogP contribution in [0.15, 0.2) is 176 Å². The summed E-state index contributed by atoms with van der Waals surface area (Å²) in [6, 6.07) is 35.2. The molecule has 10 rings (SSSR count). The van der Waals surface area contributed by atoms with E-state index in [1.54, 1.807) is 60.7 Å².